The van der Waals surface area contributed by atoms with E-state index >= 15 is 0 Å². The molecule has 0 aromatic carbocycles. The van der Waals surface area contributed by atoms with Crippen LogP contribution in [0.4, 0.5) is 0 Å². The standard InChI is InChI=1S/C23H34N4O5/c1-12-8-16(24-13(12)2)20(29)25-17(9-14-6-7-14)21(30)26-18(22(31)32-5)10-15-11-23(3,4)27-19(15)28/h8,14-15,17-18,24H,6-7,9-11H2,1-5H3,(H,25,29)(H,26,30)(H,27,28). The second kappa shape index (κ2) is 9.34. The van der Waals surface area contributed by atoms with Gasteiger partial charge in [-0.2, -0.15) is 0 Å². The first-order valence-corrected chi connectivity index (χ1v) is 11.2. The molecule has 3 rings (SSSR count). The van der Waals surface area contributed by atoms with Crippen molar-refractivity contribution in [3.63, 3.8) is 0 Å². The molecule has 4 N–H and O–H groups in total. The Labute approximate surface area is 188 Å². The lowest BCUT2D eigenvalue weighted by Gasteiger charge is -2.23. The summed E-state index contributed by atoms with van der Waals surface area (Å²) < 4.78 is 4.87. The van der Waals surface area contributed by atoms with Gasteiger partial charge in [0, 0.05) is 17.2 Å². The Morgan fingerprint density at radius 1 is 1.16 bits per heavy atom. The Hall–Kier alpha value is -2.84. The van der Waals surface area contributed by atoms with Crippen LogP contribution in [-0.2, 0) is 19.1 Å². The average molecular weight is 447 g/mol. The molecule has 0 radical (unpaired) electrons. The van der Waals surface area contributed by atoms with Crippen LogP contribution in [0, 0.1) is 25.7 Å². The van der Waals surface area contributed by atoms with Crippen molar-refractivity contribution in [3.8, 4) is 0 Å². The minimum atomic E-state index is -0.967. The van der Waals surface area contributed by atoms with Gasteiger partial charge in [0.15, 0.2) is 0 Å². The number of carbonyl (C=O) groups excluding carboxylic acids is 4. The molecule has 2 fully saturated rings. The SMILES string of the molecule is COC(=O)C(CC1CC(C)(C)NC1=O)NC(=O)C(CC1CC1)NC(=O)c1cc(C)c(C)[nH]1. The molecule has 3 atom stereocenters. The number of nitrogens with one attached hydrogen (secondary N) is 4. The smallest absolute Gasteiger partial charge is 0.328 e. The minimum Gasteiger partial charge on any atom is -0.467 e. The van der Waals surface area contributed by atoms with Crippen molar-refractivity contribution in [1.82, 2.24) is 20.9 Å². The van der Waals surface area contributed by atoms with E-state index in [4.69, 9.17) is 4.74 Å². The zero-order valence-corrected chi connectivity index (χ0v) is 19.5. The predicted octanol–water partition coefficient (Wildman–Crippen LogP) is 1.49. The van der Waals surface area contributed by atoms with Crippen molar-refractivity contribution in [2.75, 3.05) is 7.11 Å². The summed E-state index contributed by atoms with van der Waals surface area (Å²) in [5.41, 5.74) is 1.88. The summed E-state index contributed by atoms with van der Waals surface area (Å²) in [6.45, 7) is 7.62. The second-order valence-corrected chi connectivity index (χ2v) is 9.79. The maximum Gasteiger partial charge on any atom is 0.328 e. The number of rotatable bonds is 9. The van der Waals surface area contributed by atoms with Crippen LogP contribution in [0.1, 0.15) is 67.7 Å². The van der Waals surface area contributed by atoms with Gasteiger partial charge in [0.2, 0.25) is 11.8 Å². The first-order chi connectivity index (χ1) is 15.0. The molecule has 9 heteroatoms. The third kappa shape index (κ3) is 5.89. The van der Waals surface area contributed by atoms with Crippen LogP contribution >= 0.6 is 0 Å². The fraction of sp³-hybridized carbons (Fsp3) is 0.652. The number of hydrogen-bond acceptors (Lipinski definition) is 5. The molecule has 1 saturated carbocycles. The number of carbonyl (C=O) groups is 4. The van der Waals surface area contributed by atoms with Crippen LogP contribution in [-0.4, -0.2) is 53.4 Å². The molecule has 1 saturated heterocycles. The van der Waals surface area contributed by atoms with E-state index < -0.39 is 29.9 Å². The van der Waals surface area contributed by atoms with Crippen molar-refractivity contribution in [1.29, 1.82) is 0 Å². The molecule has 3 unspecified atom stereocenters. The maximum atomic E-state index is 13.1. The van der Waals surface area contributed by atoms with Gasteiger partial charge in [0.1, 0.15) is 17.8 Å². The highest BCUT2D eigenvalue weighted by Gasteiger charge is 2.41. The summed E-state index contributed by atoms with van der Waals surface area (Å²) in [6.07, 6.45) is 3.23. The highest BCUT2D eigenvalue weighted by atomic mass is 16.5. The summed E-state index contributed by atoms with van der Waals surface area (Å²) in [7, 11) is 1.25. The number of ether oxygens (including phenoxy) is 1. The van der Waals surface area contributed by atoms with Gasteiger partial charge >= 0.3 is 5.97 Å². The molecule has 2 heterocycles. The summed E-state index contributed by atoms with van der Waals surface area (Å²) in [6, 6.07) is -0.000265. The van der Waals surface area contributed by atoms with Gasteiger partial charge in [-0.15, -0.1) is 0 Å². The normalized spacial score (nSPS) is 21.4. The van der Waals surface area contributed by atoms with Gasteiger partial charge in [-0.3, -0.25) is 14.4 Å². The Kier molecular flexibility index (Phi) is 6.95. The van der Waals surface area contributed by atoms with Crippen molar-refractivity contribution >= 4 is 23.7 Å². The number of hydrogen-bond donors (Lipinski definition) is 4. The van der Waals surface area contributed by atoms with Crippen LogP contribution in [0.25, 0.3) is 0 Å². The number of amides is 3. The Morgan fingerprint density at radius 2 is 1.84 bits per heavy atom. The quantitative estimate of drug-likeness (QED) is 0.427. The number of aromatic amines is 1. The molecule has 1 aliphatic heterocycles. The molecule has 32 heavy (non-hydrogen) atoms. The third-order valence-corrected chi connectivity index (χ3v) is 6.32. The Bertz CT molecular complexity index is 883. The van der Waals surface area contributed by atoms with Crippen molar-refractivity contribution in [2.45, 2.75) is 77.4 Å². The zero-order valence-electron chi connectivity index (χ0n) is 19.5. The number of aryl methyl sites for hydroxylation is 2. The fourth-order valence-electron chi connectivity index (χ4n) is 4.24. The number of methoxy groups -OCH3 is 1. The highest BCUT2D eigenvalue weighted by Crippen LogP contribution is 2.34. The summed E-state index contributed by atoms with van der Waals surface area (Å²) in [5.74, 6) is -1.60. The topological polar surface area (TPSA) is 129 Å². The van der Waals surface area contributed by atoms with Gasteiger partial charge in [-0.05, 0) is 64.5 Å². The maximum absolute atomic E-state index is 13.1. The summed E-state index contributed by atoms with van der Waals surface area (Å²) in [5, 5.41) is 8.44. The molecule has 176 valence electrons. The third-order valence-electron chi connectivity index (χ3n) is 6.32. The Morgan fingerprint density at radius 3 is 2.34 bits per heavy atom. The first-order valence-electron chi connectivity index (χ1n) is 11.2. The first kappa shape index (κ1) is 23.8. The minimum absolute atomic E-state index is 0.140. The van der Waals surface area contributed by atoms with Crippen LogP contribution in [0.3, 0.4) is 0 Å². The Balaban J connectivity index is 1.69. The van der Waals surface area contributed by atoms with E-state index in [1.807, 2.05) is 27.7 Å². The lowest BCUT2D eigenvalue weighted by Crippen LogP contribution is -2.52. The molecule has 0 spiro atoms. The summed E-state index contributed by atoms with van der Waals surface area (Å²) >= 11 is 0. The van der Waals surface area contributed by atoms with Crippen LogP contribution in [0.5, 0.6) is 0 Å². The van der Waals surface area contributed by atoms with Gasteiger partial charge in [-0.25, -0.2) is 4.79 Å². The van der Waals surface area contributed by atoms with Crippen LogP contribution in [0.2, 0.25) is 0 Å². The van der Waals surface area contributed by atoms with Gasteiger partial charge in [-0.1, -0.05) is 12.8 Å². The average Bonchev–Trinajstić information content (AvgIpc) is 3.41. The summed E-state index contributed by atoms with van der Waals surface area (Å²) in [4.78, 5) is 53.6. The van der Waals surface area contributed by atoms with Gasteiger partial charge in [0.25, 0.3) is 5.91 Å². The van der Waals surface area contributed by atoms with E-state index in [1.54, 1.807) is 6.07 Å². The van der Waals surface area contributed by atoms with E-state index in [0.29, 0.717) is 24.5 Å². The second-order valence-electron chi connectivity index (χ2n) is 9.79. The van der Waals surface area contributed by atoms with Crippen LogP contribution < -0.4 is 16.0 Å². The predicted molar refractivity (Wildman–Crippen MR) is 118 cm³/mol. The van der Waals surface area contributed by atoms with E-state index in [-0.39, 0.29) is 23.8 Å². The number of esters is 1. The molecule has 2 aliphatic rings. The molecule has 1 aromatic rings. The van der Waals surface area contributed by atoms with Gasteiger partial charge in [0.05, 0.1) is 7.11 Å². The van der Waals surface area contributed by atoms with Crippen molar-refractivity contribution in [2.24, 2.45) is 11.8 Å². The fourth-order valence-corrected chi connectivity index (χ4v) is 4.24. The zero-order chi connectivity index (χ0) is 23.6. The van der Waals surface area contributed by atoms with Gasteiger partial charge < -0.3 is 25.7 Å². The molecule has 0 bridgehead atoms. The highest BCUT2D eigenvalue weighted by molar-refractivity contribution is 5.97. The molecule has 3 amide bonds. The van der Waals surface area contributed by atoms with Crippen molar-refractivity contribution in [3.05, 3.63) is 23.0 Å². The lowest BCUT2D eigenvalue weighted by molar-refractivity contribution is -0.146. The number of aromatic nitrogens is 1. The molecule has 1 aliphatic carbocycles. The molecular weight excluding hydrogens is 412 g/mol. The van der Waals surface area contributed by atoms with E-state index in [1.165, 1.54) is 7.11 Å². The largest absolute Gasteiger partial charge is 0.467 e. The molecule has 1 aromatic heterocycles. The van der Waals surface area contributed by atoms with Crippen molar-refractivity contribution < 1.29 is 23.9 Å². The molecular formula is C23H34N4O5. The van der Waals surface area contributed by atoms with Crippen LogP contribution in [0.15, 0.2) is 6.07 Å². The lowest BCUT2D eigenvalue weighted by atomic mass is 9.91. The number of H-pyrrole nitrogens is 1. The molecule has 9 nitrogen and oxygen atoms in total. The van der Waals surface area contributed by atoms with E-state index in [2.05, 4.69) is 20.9 Å². The monoisotopic (exact) mass is 446 g/mol. The van der Waals surface area contributed by atoms with E-state index in [9.17, 15) is 19.2 Å². The van der Waals surface area contributed by atoms with E-state index in [0.717, 1.165) is 24.1 Å².